The van der Waals surface area contributed by atoms with Gasteiger partial charge in [-0.3, -0.25) is 10.2 Å². The predicted molar refractivity (Wildman–Crippen MR) is 87.6 cm³/mol. The lowest BCUT2D eigenvalue weighted by atomic mass is 10.1. The highest BCUT2D eigenvalue weighted by atomic mass is 19.4. The number of nitrogens with zero attached hydrogens (tertiary/aromatic N) is 3. The van der Waals surface area contributed by atoms with Crippen LogP contribution >= 0.6 is 0 Å². The lowest BCUT2D eigenvalue weighted by Crippen LogP contribution is -2.08. The molecule has 0 bridgehead atoms. The van der Waals surface area contributed by atoms with Crippen molar-refractivity contribution < 1.29 is 26.3 Å². The Morgan fingerprint density at radius 2 is 1.17 bits per heavy atom. The summed E-state index contributed by atoms with van der Waals surface area (Å²) in [5, 5.41) is 19.0. The Bertz CT molecular complexity index is 891. The van der Waals surface area contributed by atoms with Crippen molar-refractivity contribution in [2.45, 2.75) is 56.8 Å². The number of fused-ring (bicyclic) bond motifs is 6. The first kappa shape index (κ1) is 19.8. The van der Waals surface area contributed by atoms with Crippen molar-refractivity contribution in [1.82, 2.24) is 20.4 Å². The van der Waals surface area contributed by atoms with E-state index in [0.717, 1.165) is 25.7 Å². The molecule has 11 heteroatoms. The number of nitriles is 1. The highest BCUT2D eigenvalue weighted by molar-refractivity contribution is 5.42. The molecule has 0 aromatic carbocycles. The van der Waals surface area contributed by atoms with Gasteiger partial charge in [0.15, 0.2) is 11.4 Å². The zero-order valence-corrected chi connectivity index (χ0v) is 15.2. The molecule has 5 nitrogen and oxygen atoms in total. The maximum atomic E-state index is 12.4. The fourth-order valence-corrected chi connectivity index (χ4v) is 4.49. The molecule has 6 rings (SSSR count). The number of nitrogens with one attached hydrogen (secondary N) is 2. The summed E-state index contributed by atoms with van der Waals surface area (Å²) in [5.41, 5.74) is 0.914. The minimum atomic E-state index is -4.29. The van der Waals surface area contributed by atoms with E-state index < -0.39 is 23.7 Å². The van der Waals surface area contributed by atoms with Gasteiger partial charge in [-0.05, 0) is 49.4 Å². The molecule has 2 fully saturated rings. The summed E-state index contributed by atoms with van der Waals surface area (Å²) in [7, 11) is 0. The van der Waals surface area contributed by atoms with Crippen molar-refractivity contribution in [1.29, 1.82) is 5.26 Å². The fraction of sp³-hybridized carbons (Fsp3) is 0.611. The Morgan fingerprint density at radius 1 is 0.828 bits per heavy atom. The van der Waals surface area contributed by atoms with Gasteiger partial charge >= 0.3 is 12.4 Å². The Kier molecular flexibility index (Phi) is 4.44. The zero-order valence-electron chi connectivity index (χ0n) is 15.2. The maximum Gasteiger partial charge on any atom is 0.435 e. The van der Waals surface area contributed by atoms with Gasteiger partial charge in [-0.15, -0.1) is 0 Å². The smallest absolute Gasteiger partial charge is 0.282 e. The molecule has 0 amide bonds. The first-order chi connectivity index (χ1) is 13.6. The number of halogens is 6. The van der Waals surface area contributed by atoms with Crippen LogP contribution in [0.4, 0.5) is 26.3 Å². The molecular formula is C18H17F6N5. The van der Waals surface area contributed by atoms with Crippen molar-refractivity contribution in [2.24, 2.45) is 11.8 Å². The molecule has 4 atom stereocenters. The molecule has 2 unspecified atom stereocenters. The van der Waals surface area contributed by atoms with Crippen LogP contribution in [0.2, 0.25) is 0 Å². The van der Waals surface area contributed by atoms with Gasteiger partial charge in [-0.25, -0.2) is 0 Å². The molecule has 0 aliphatic heterocycles. The van der Waals surface area contributed by atoms with Crippen LogP contribution in [0.3, 0.4) is 0 Å². The third-order valence-electron chi connectivity index (χ3n) is 5.82. The van der Waals surface area contributed by atoms with Crippen LogP contribution in [0, 0.1) is 23.2 Å². The first-order valence-electron chi connectivity index (χ1n) is 9.15. The molecule has 2 N–H and O–H groups in total. The molecule has 4 aliphatic carbocycles. The van der Waals surface area contributed by atoms with Crippen LogP contribution in [-0.4, -0.2) is 20.4 Å². The van der Waals surface area contributed by atoms with Gasteiger partial charge < -0.3 is 0 Å². The summed E-state index contributed by atoms with van der Waals surface area (Å²) < 4.78 is 74.3. The summed E-state index contributed by atoms with van der Waals surface area (Å²) in [5.74, 6) is 1.21. The largest absolute Gasteiger partial charge is 0.435 e. The van der Waals surface area contributed by atoms with E-state index in [0.29, 0.717) is 34.4 Å². The number of alkyl halides is 6. The van der Waals surface area contributed by atoms with Gasteiger partial charge in [-0.1, -0.05) is 0 Å². The summed E-state index contributed by atoms with van der Waals surface area (Å²) in [4.78, 5) is 0. The average molecular weight is 417 g/mol. The van der Waals surface area contributed by atoms with Crippen molar-refractivity contribution in [3.63, 3.8) is 0 Å². The lowest BCUT2D eigenvalue weighted by molar-refractivity contribution is -0.142. The van der Waals surface area contributed by atoms with Gasteiger partial charge in [0.05, 0.1) is 6.07 Å². The molecule has 0 saturated heterocycles. The fourth-order valence-electron chi connectivity index (χ4n) is 4.49. The third-order valence-corrected chi connectivity index (χ3v) is 5.82. The first-order valence-corrected chi connectivity index (χ1v) is 9.15. The minimum absolute atomic E-state index is 0.144. The molecular weight excluding hydrogens is 400 g/mol. The van der Waals surface area contributed by atoms with Crippen molar-refractivity contribution >= 4 is 0 Å². The minimum Gasteiger partial charge on any atom is -0.282 e. The SMILES string of the molecule is CC#N.FC(F)(F)c1n[nH]c2c1C1CC1C2.FC(F)(F)c1n[nH]c2c1[C@H]1C[C@H]1C2. The van der Waals surface area contributed by atoms with E-state index in [2.05, 4.69) is 20.4 Å². The predicted octanol–water partition coefficient (Wildman–Crippen LogP) is 4.71. The number of H-pyrrole nitrogens is 2. The van der Waals surface area contributed by atoms with E-state index in [1.165, 1.54) is 6.92 Å². The highest BCUT2D eigenvalue weighted by Gasteiger charge is 2.53. The standard InChI is InChI=1S/2C8H7F3N2.C2H3N/c2*9-8(10,11)7-6-4-1-3(4)2-5(6)12-13-7;1-2-3/h2*3-4H,1-2H2,(H,12,13);1H3/t3-,4-;;/m0../s1. The number of hydrogen-bond acceptors (Lipinski definition) is 3. The molecule has 0 spiro atoms. The van der Waals surface area contributed by atoms with Crippen LogP contribution in [0.1, 0.15) is 65.5 Å². The van der Waals surface area contributed by atoms with E-state index >= 15 is 0 Å². The molecule has 4 aliphatic rings. The van der Waals surface area contributed by atoms with Gasteiger partial charge in [0.25, 0.3) is 0 Å². The topological polar surface area (TPSA) is 81.2 Å². The number of hydrogen-bond donors (Lipinski definition) is 2. The summed E-state index contributed by atoms with van der Waals surface area (Å²) in [6.45, 7) is 1.43. The number of aromatic nitrogens is 4. The van der Waals surface area contributed by atoms with E-state index in [1.807, 2.05) is 0 Å². The third kappa shape index (κ3) is 3.49. The van der Waals surface area contributed by atoms with Crippen LogP contribution in [-0.2, 0) is 25.2 Å². The Hall–Kier alpha value is -2.51. The second-order valence-electron chi connectivity index (χ2n) is 7.76. The van der Waals surface area contributed by atoms with Gasteiger partial charge in [-0.2, -0.15) is 41.8 Å². The average Bonchev–Trinajstić information content (AvgIpc) is 3.27. The van der Waals surface area contributed by atoms with E-state index in [-0.39, 0.29) is 11.8 Å². The van der Waals surface area contributed by atoms with Crippen molar-refractivity contribution in [3.05, 3.63) is 33.9 Å². The second kappa shape index (κ2) is 6.50. The molecule has 2 aromatic rings. The zero-order chi connectivity index (χ0) is 21.1. The van der Waals surface area contributed by atoms with E-state index in [9.17, 15) is 26.3 Å². The van der Waals surface area contributed by atoms with Crippen molar-refractivity contribution in [2.75, 3.05) is 0 Å². The lowest BCUT2D eigenvalue weighted by Gasteiger charge is -2.03. The van der Waals surface area contributed by atoms with Crippen LogP contribution in [0.15, 0.2) is 0 Å². The van der Waals surface area contributed by atoms with Gasteiger partial charge in [0, 0.05) is 29.4 Å². The molecule has 2 heterocycles. The van der Waals surface area contributed by atoms with Crippen LogP contribution in [0.5, 0.6) is 0 Å². The highest BCUT2D eigenvalue weighted by Crippen LogP contribution is 2.59. The summed E-state index contributed by atoms with van der Waals surface area (Å²) in [6, 6.07) is 1.75. The number of aromatic amines is 2. The normalized spacial score (nSPS) is 27.2. The van der Waals surface area contributed by atoms with Crippen LogP contribution < -0.4 is 0 Å². The molecule has 2 saturated carbocycles. The quantitative estimate of drug-likeness (QED) is 0.610. The summed E-state index contributed by atoms with van der Waals surface area (Å²) >= 11 is 0. The summed E-state index contributed by atoms with van der Waals surface area (Å²) in [6.07, 6.45) is -5.25. The molecule has 2 aromatic heterocycles. The van der Waals surface area contributed by atoms with E-state index in [1.54, 1.807) is 6.07 Å². The Labute approximate surface area is 161 Å². The maximum absolute atomic E-state index is 12.4. The van der Waals surface area contributed by atoms with Crippen molar-refractivity contribution in [3.8, 4) is 6.07 Å². The van der Waals surface area contributed by atoms with Crippen LogP contribution in [0.25, 0.3) is 0 Å². The molecule has 29 heavy (non-hydrogen) atoms. The van der Waals surface area contributed by atoms with Gasteiger partial charge in [0.2, 0.25) is 0 Å². The van der Waals surface area contributed by atoms with Gasteiger partial charge in [0.1, 0.15) is 0 Å². The van der Waals surface area contributed by atoms with E-state index in [4.69, 9.17) is 5.26 Å². The number of rotatable bonds is 0. The Morgan fingerprint density at radius 3 is 1.48 bits per heavy atom. The monoisotopic (exact) mass is 417 g/mol. The molecule has 0 radical (unpaired) electrons. The molecule has 156 valence electrons. The second-order valence-corrected chi connectivity index (χ2v) is 7.76. The Balaban J connectivity index is 0.000000125.